The number of ether oxygens (including phenoxy) is 2. The molecule has 4 rings (SSSR count). The van der Waals surface area contributed by atoms with E-state index in [2.05, 4.69) is 47.0 Å². The largest absolute Gasteiger partial charge is 0.496 e. The van der Waals surface area contributed by atoms with Crippen LogP contribution in [0.3, 0.4) is 0 Å². The molecule has 2 aromatic heterocycles. The third-order valence-electron chi connectivity index (χ3n) is 5.88. The average molecular weight is 420 g/mol. The van der Waals surface area contributed by atoms with Crippen molar-refractivity contribution in [2.24, 2.45) is 0 Å². The van der Waals surface area contributed by atoms with Crippen LogP contribution in [0.1, 0.15) is 34.1 Å². The van der Waals surface area contributed by atoms with Crippen LogP contribution >= 0.6 is 0 Å². The highest BCUT2D eigenvalue weighted by atomic mass is 16.5. The van der Waals surface area contributed by atoms with Gasteiger partial charge in [-0.05, 0) is 61.2 Å². The minimum Gasteiger partial charge on any atom is -0.496 e. The Morgan fingerprint density at radius 3 is 2.81 bits per heavy atom. The van der Waals surface area contributed by atoms with Crippen molar-refractivity contribution in [1.29, 1.82) is 0 Å². The standard InChI is InChI=1S/C24H29N5O2/c1-16-12-21(30-4)18(3)17(2)19(16)14-29-10-11-31-22(15-29)20-6-5-7-23(27-20)28-24-13-25-8-9-26-24/h5-9,12-13,22H,10-11,14-15H2,1-4H3,(H,26,27,28)/t22-/m0/s1. The molecule has 0 bridgehead atoms. The van der Waals surface area contributed by atoms with Crippen LogP contribution in [0.2, 0.25) is 0 Å². The molecule has 1 aromatic carbocycles. The predicted molar refractivity (Wildman–Crippen MR) is 121 cm³/mol. The Bertz CT molecular complexity index is 1040. The van der Waals surface area contributed by atoms with E-state index in [0.29, 0.717) is 12.4 Å². The summed E-state index contributed by atoms with van der Waals surface area (Å²) in [4.78, 5) is 15.5. The van der Waals surface area contributed by atoms with Crippen molar-refractivity contribution in [2.45, 2.75) is 33.4 Å². The van der Waals surface area contributed by atoms with Gasteiger partial charge in [0, 0.05) is 32.0 Å². The van der Waals surface area contributed by atoms with E-state index in [4.69, 9.17) is 14.5 Å². The second kappa shape index (κ2) is 9.41. The van der Waals surface area contributed by atoms with Crippen LogP contribution < -0.4 is 10.1 Å². The van der Waals surface area contributed by atoms with Gasteiger partial charge in [-0.25, -0.2) is 9.97 Å². The Labute approximate surface area is 183 Å². The Morgan fingerprint density at radius 2 is 2.03 bits per heavy atom. The fraction of sp³-hybridized carbons (Fsp3) is 0.375. The lowest BCUT2D eigenvalue weighted by molar-refractivity contribution is -0.0350. The molecule has 162 valence electrons. The van der Waals surface area contributed by atoms with Crippen LogP contribution in [-0.2, 0) is 11.3 Å². The van der Waals surface area contributed by atoms with Crippen molar-refractivity contribution < 1.29 is 9.47 Å². The first kappa shape index (κ1) is 21.2. The summed E-state index contributed by atoms with van der Waals surface area (Å²) in [5, 5.41) is 3.20. The number of hydrogen-bond acceptors (Lipinski definition) is 7. The minimum atomic E-state index is -0.0719. The van der Waals surface area contributed by atoms with Gasteiger partial charge < -0.3 is 14.8 Å². The van der Waals surface area contributed by atoms with E-state index in [1.807, 2.05) is 18.2 Å². The smallest absolute Gasteiger partial charge is 0.150 e. The molecule has 7 heteroatoms. The first-order valence-corrected chi connectivity index (χ1v) is 10.5. The van der Waals surface area contributed by atoms with Crippen molar-refractivity contribution in [3.8, 4) is 5.75 Å². The fourth-order valence-corrected chi connectivity index (χ4v) is 4.00. The highest BCUT2D eigenvalue weighted by Gasteiger charge is 2.24. The number of aromatic nitrogens is 3. The molecule has 0 spiro atoms. The van der Waals surface area contributed by atoms with Crippen LogP contribution in [0.15, 0.2) is 42.9 Å². The highest BCUT2D eigenvalue weighted by molar-refractivity contribution is 5.50. The first-order valence-electron chi connectivity index (χ1n) is 10.5. The number of nitrogens with zero attached hydrogens (tertiary/aromatic N) is 4. The van der Waals surface area contributed by atoms with Gasteiger partial charge in [0.2, 0.25) is 0 Å². The summed E-state index contributed by atoms with van der Waals surface area (Å²) in [5.41, 5.74) is 6.05. The number of benzene rings is 1. The maximum Gasteiger partial charge on any atom is 0.150 e. The third kappa shape index (κ3) is 4.84. The Balaban J connectivity index is 1.48. The second-order valence-corrected chi connectivity index (χ2v) is 7.88. The molecule has 31 heavy (non-hydrogen) atoms. The number of anilines is 2. The summed E-state index contributed by atoms with van der Waals surface area (Å²) in [6, 6.07) is 8.07. The zero-order valence-corrected chi connectivity index (χ0v) is 18.6. The van der Waals surface area contributed by atoms with Crippen molar-refractivity contribution in [2.75, 3.05) is 32.1 Å². The normalized spacial score (nSPS) is 16.8. The first-order chi connectivity index (χ1) is 15.0. The van der Waals surface area contributed by atoms with Gasteiger partial charge in [-0.1, -0.05) is 6.07 Å². The van der Waals surface area contributed by atoms with E-state index in [9.17, 15) is 0 Å². The van der Waals surface area contributed by atoms with Gasteiger partial charge in [-0.3, -0.25) is 9.88 Å². The maximum absolute atomic E-state index is 6.08. The van der Waals surface area contributed by atoms with Gasteiger partial charge in [-0.15, -0.1) is 0 Å². The van der Waals surface area contributed by atoms with Crippen molar-refractivity contribution >= 4 is 11.6 Å². The van der Waals surface area contributed by atoms with Crippen molar-refractivity contribution in [3.05, 3.63) is 70.8 Å². The number of rotatable bonds is 6. The van der Waals surface area contributed by atoms with Crippen LogP contribution in [0.4, 0.5) is 11.6 Å². The molecule has 3 heterocycles. The quantitative estimate of drug-likeness (QED) is 0.644. The summed E-state index contributed by atoms with van der Waals surface area (Å²) >= 11 is 0. The molecule has 0 radical (unpaired) electrons. The van der Waals surface area contributed by atoms with Crippen molar-refractivity contribution in [3.63, 3.8) is 0 Å². The molecule has 1 saturated heterocycles. The molecule has 0 saturated carbocycles. The van der Waals surface area contributed by atoms with Crippen LogP contribution in [0.5, 0.6) is 5.75 Å². The number of hydrogen-bond donors (Lipinski definition) is 1. The SMILES string of the molecule is COc1cc(C)c(CN2CCO[C@H](c3cccc(Nc4cnccn4)n3)C2)c(C)c1C. The van der Waals surface area contributed by atoms with Gasteiger partial charge in [0.25, 0.3) is 0 Å². The molecular formula is C24H29N5O2. The number of aryl methyl sites for hydroxylation is 1. The van der Waals surface area contributed by atoms with E-state index in [0.717, 1.165) is 36.9 Å². The van der Waals surface area contributed by atoms with E-state index in [1.165, 1.54) is 22.3 Å². The summed E-state index contributed by atoms with van der Waals surface area (Å²) in [6.45, 7) is 9.73. The Hall–Kier alpha value is -3.03. The number of methoxy groups -OCH3 is 1. The average Bonchev–Trinajstić information content (AvgIpc) is 2.80. The fourth-order valence-electron chi connectivity index (χ4n) is 4.00. The summed E-state index contributed by atoms with van der Waals surface area (Å²) in [6.07, 6.45) is 4.90. The number of morpholine rings is 1. The molecule has 1 aliphatic rings. The van der Waals surface area contributed by atoms with E-state index in [-0.39, 0.29) is 6.10 Å². The van der Waals surface area contributed by atoms with Gasteiger partial charge in [0.05, 0.1) is 25.6 Å². The molecule has 0 amide bonds. The summed E-state index contributed by atoms with van der Waals surface area (Å²) < 4.78 is 11.6. The number of pyridine rings is 1. The van der Waals surface area contributed by atoms with Gasteiger partial charge in [0.1, 0.15) is 23.5 Å². The molecule has 7 nitrogen and oxygen atoms in total. The van der Waals surface area contributed by atoms with Gasteiger partial charge in [-0.2, -0.15) is 0 Å². The van der Waals surface area contributed by atoms with E-state index in [1.54, 1.807) is 25.7 Å². The summed E-state index contributed by atoms with van der Waals surface area (Å²) in [5.74, 6) is 2.35. The van der Waals surface area contributed by atoms with Crippen LogP contribution in [-0.4, -0.2) is 46.7 Å². The van der Waals surface area contributed by atoms with Gasteiger partial charge in [0.15, 0.2) is 0 Å². The number of nitrogens with one attached hydrogen (secondary N) is 1. The van der Waals surface area contributed by atoms with Gasteiger partial charge >= 0.3 is 0 Å². The molecule has 1 fully saturated rings. The lowest BCUT2D eigenvalue weighted by Gasteiger charge is -2.33. The van der Waals surface area contributed by atoms with E-state index < -0.39 is 0 Å². The molecule has 1 atom stereocenters. The molecule has 1 aliphatic heterocycles. The lowest BCUT2D eigenvalue weighted by atomic mass is 9.96. The van der Waals surface area contributed by atoms with Crippen LogP contribution in [0.25, 0.3) is 0 Å². The molecule has 0 unspecified atom stereocenters. The minimum absolute atomic E-state index is 0.0719. The van der Waals surface area contributed by atoms with Crippen molar-refractivity contribution in [1.82, 2.24) is 19.9 Å². The predicted octanol–water partition coefficient (Wildman–Crippen LogP) is 4.12. The summed E-state index contributed by atoms with van der Waals surface area (Å²) in [7, 11) is 1.73. The zero-order valence-electron chi connectivity index (χ0n) is 18.6. The van der Waals surface area contributed by atoms with Crippen LogP contribution in [0, 0.1) is 20.8 Å². The topological polar surface area (TPSA) is 72.4 Å². The zero-order chi connectivity index (χ0) is 21.8. The second-order valence-electron chi connectivity index (χ2n) is 7.88. The molecule has 1 N–H and O–H groups in total. The Morgan fingerprint density at radius 1 is 1.16 bits per heavy atom. The highest BCUT2D eigenvalue weighted by Crippen LogP contribution is 2.30. The van der Waals surface area contributed by atoms with E-state index >= 15 is 0 Å². The Kier molecular flexibility index (Phi) is 6.44. The maximum atomic E-state index is 6.08. The molecule has 0 aliphatic carbocycles. The molecule has 3 aromatic rings. The third-order valence-corrected chi connectivity index (χ3v) is 5.88. The monoisotopic (exact) mass is 419 g/mol. The molecular weight excluding hydrogens is 390 g/mol. The lowest BCUT2D eigenvalue weighted by Crippen LogP contribution is -2.38.